The molecule has 0 heterocycles. The largest absolute Gasteiger partial charge is 0.462 e. The Balaban J connectivity index is 4.32. The first kappa shape index (κ1) is 54.9. The zero-order valence-electron chi connectivity index (χ0n) is 38.1. The third kappa shape index (κ3) is 44.8. The molecule has 0 aliphatic carbocycles. The van der Waals surface area contributed by atoms with Crippen LogP contribution >= 0.6 is 0 Å². The van der Waals surface area contributed by atoms with Crippen LogP contribution in [-0.2, 0) is 28.6 Å². The number of esters is 3. The molecule has 0 aromatic heterocycles. The maximum Gasteiger partial charge on any atom is 0.306 e. The van der Waals surface area contributed by atoms with Crippen molar-refractivity contribution in [3.8, 4) is 0 Å². The van der Waals surface area contributed by atoms with Gasteiger partial charge in [-0.2, -0.15) is 0 Å². The van der Waals surface area contributed by atoms with E-state index in [1.54, 1.807) is 0 Å². The fraction of sp³-hybridized carbons (Fsp3) is 0.863. The molecule has 0 aliphatic rings. The van der Waals surface area contributed by atoms with E-state index in [1.807, 2.05) is 0 Å². The normalized spacial score (nSPS) is 12.1. The molecule has 0 aromatic rings. The van der Waals surface area contributed by atoms with Gasteiger partial charge in [0.2, 0.25) is 0 Å². The summed E-state index contributed by atoms with van der Waals surface area (Å²) in [5, 5.41) is 0. The van der Waals surface area contributed by atoms with E-state index >= 15 is 0 Å². The average molecular weight is 803 g/mol. The monoisotopic (exact) mass is 803 g/mol. The van der Waals surface area contributed by atoms with Crippen LogP contribution in [0.5, 0.6) is 0 Å². The van der Waals surface area contributed by atoms with Gasteiger partial charge < -0.3 is 14.2 Å². The van der Waals surface area contributed by atoms with Gasteiger partial charge in [0.25, 0.3) is 0 Å². The molecule has 0 radical (unpaired) electrons. The minimum atomic E-state index is -0.774. The molecule has 6 nitrogen and oxygen atoms in total. The topological polar surface area (TPSA) is 78.9 Å². The lowest BCUT2D eigenvalue weighted by Crippen LogP contribution is -2.30. The van der Waals surface area contributed by atoms with Gasteiger partial charge in [-0.1, -0.05) is 199 Å². The van der Waals surface area contributed by atoms with E-state index in [4.69, 9.17) is 14.2 Å². The molecule has 0 rings (SSSR count). The van der Waals surface area contributed by atoms with Crippen LogP contribution in [-0.4, -0.2) is 37.2 Å². The van der Waals surface area contributed by atoms with Crippen molar-refractivity contribution in [2.75, 3.05) is 13.2 Å². The molecule has 57 heavy (non-hydrogen) atoms. The van der Waals surface area contributed by atoms with Crippen molar-refractivity contribution < 1.29 is 28.6 Å². The second kappa shape index (κ2) is 46.6. The Bertz CT molecular complexity index is 927. The summed E-state index contributed by atoms with van der Waals surface area (Å²) in [5.74, 6) is -0.891. The lowest BCUT2D eigenvalue weighted by molar-refractivity contribution is -0.167. The number of carbonyl (C=O) groups is 3. The van der Waals surface area contributed by atoms with Crippen molar-refractivity contribution in [3.63, 3.8) is 0 Å². The molecule has 0 spiro atoms. The molecule has 334 valence electrons. The summed E-state index contributed by atoms with van der Waals surface area (Å²) in [6.45, 7) is 6.60. The van der Waals surface area contributed by atoms with Gasteiger partial charge in [0.1, 0.15) is 13.2 Å². The molecule has 0 N–H and O–H groups in total. The summed E-state index contributed by atoms with van der Waals surface area (Å²) < 4.78 is 16.7. The highest BCUT2D eigenvalue weighted by molar-refractivity contribution is 5.71. The van der Waals surface area contributed by atoms with Crippen LogP contribution < -0.4 is 0 Å². The summed E-state index contributed by atoms with van der Waals surface area (Å²) >= 11 is 0. The molecule has 0 amide bonds. The Labute approximate surface area is 353 Å². The zero-order valence-corrected chi connectivity index (χ0v) is 38.1. The van der Waals surface area contributed by atoms with E-state index in [0.29, 0.717) is 19.3 Å². The molecule has 0 fully saturated rings. The third-order valence-corrected chi connectivity index (χ3v) is 10.9. The second-order valence-electron chi connectivity index (χ2n) is 16.7. The number of carbonyl (C=O) groups excluding carboxylic acids is 3. The molecule has 1 unspecified atom stereocenters. The lowest BCUT2D eigenvalue weighted by atomic mass is 10.1. The predicted molar refractivity (Wildman–Crippen MR) is 243 cm³/mol. The summed E-state index contributed by atoms with van der Waals surface area (Å²) in [4.78, 5) is 37.8. The Morgan fingerprint density at radius 3 is 0.895 bits per heavy atom. The van der Waals surface area contributed by atoms with Crippen LogP contribution in [0.25, 0.3) is 0 Å². The van der Waals surface area contributed by atoms with Crippen molar-refractivity contribution in [2.45, 2.75) is 271 Å². The molecule has 0 aromatic carbocycles. The van der Waals surface area contributed by atoms with Crippen molar-refractivity contribution in [3.05, 3.63) is 24.3 Å². The number of hydrogen-bond donors (Lipinski definition) is 0. The quantitative estimate of drug-likeness (QED) is 0.0264. The average Bonchev–Trinajstić information content (AvgIpc) is 3.21. The summed E-state index contributed by atoms with van der Waals surface area (Å²) in [5.41, 5.74) is 0. The smallest absolute Gasteiger partial charge is 0.306 e. The van der Waals surface area contributed by atoms with Crippen molar-refractivity contribution in [2.24, 2.45) is 0 Å². The molecule has 0 saturated carbocycles. The SMILES string of the molecule is CCCCCCCC/C=C\CCCCCCCCCC(=O)OCC(COC(=O)CCCCCCCCCCC)OC(=O)CCCCC/C=C\CCCCCCCC. The molecular weight excluding hydrogens is 709 g/mol. The first-order valence-corrected chi connectivity index (χ1v) is 24.8. The van der Waals surface area contributed by atoms with E-state index in [9.17, 15) is 14.4 Å². The van der Waals surface area contributed by atoms with E-state index in [-0.39, 0.29) is 31.1 Å². The van der Waals surface area contributed by atoms with E-state index in [1.165, 1.54) is 154 Å². The molecule has 0 saturated heterocycles. The van der Waals surface area contributed by atoms with Crippen LogP contribution in [0.3, 0.4) is 0 Å². The van der Waals surface area contributed by atoms with Crippen LogP contribution in [0.15, 0.2) is 24.3 Å². The van der Waals surface area contributed by atoms with Gasteiger partial charge in [0.15, 0.2) is 6.10 Å². The lowest BCUT2D eigenvalue weighted by Gasteiger charge is -2.18. The highest BCUT2D eigenvalue weighted by Gasteiger charge is 2.19. The van der Waals surface area contributed by atoms with Gasteiger partial charge in [-0.25, -0.2) is 0 Å². The van der Waals surface area contributed by atoms with Gasteiger partial charge in [-0.3, -0.25) is 14.4 Å². The highest BCUT2D eigenvalue weighted by atomic mass is 16.6. The minimum absolute atomic E-state index is 0.0758. The van der Waals surface area contributed by atoms with Crippen molar-refractivity contribution in [1.29, 1.82) is 0 Å². The van der Waals surface area contributed by atoms with Crippen LogP contribution in [0, 0.1) is 0 Å². The molecule has 1 atom stereocenters. The van der Waals surface area contributed by atoms with E-state index < -0.39 is 6.10 Å². The second-order valence-corrected chi connectivity index (χ2v) is 16.7. The van der Waals surface area contributed by atoms with E-state index in [0.717, 1.165) is 70.6 Å². The number of ether oxygens (including phenoxy) is 3. The molecule has 0 bridgehead atoms. The third-order valence-electron chi connectivity index (χ3n) is 10.9. The number of rotatable bonds is 45. The Morgan fingerprint density at radius 1 is 0.333 bits per heavy atom. The number of hydrogen-bond acceptors (Lipinski definition) is 6. The van der Waals surface area contributed by atoms with E-state index in [2.05, 4.69) is 45.1 Å². The molecule has 0 aliphatic heterocycles. The highest BCUT2D eigenvalue weighted by Crippen LogP contribution is 2.14. The Kier molecular flexibility index (Phi) is 44.9. The summed E-state index contributed by atoms with van der Waals surface area (Å²) in [7, 11) is 0. The fourth-order valence-electron chi connectivity index (χ4n) is 7.14. The first-order chi connectivity index (χ1) is 28.0. The van der Waals surface area contributed by atoms with Gasteiger partial charge in [0, 0.05) is 19.3 Å². The zero-order chi connectivity index (χ0) is 41.5. The van der Waals surface area contributed by atoms with Gasteiger partial charge >= 0.3 is 17.9 Å². The minimum Gasteiger partial charge on any atom is -0.462 e. The van der Waals surface area contributed by atoms with Crippen molar-refractivity contribution in [1.82, 2.24) is 0 Å². The number of allylic oxidation sites excluding steroid dienone is 4. The molecular formula is C51H94O6. The fourth-order valence-corrected chi connectivity index (χ4v) is 7.14. The van der Waals surface area contributed by atoms with Gasteiger partial charge in [-0.15, -0.1) is 0 Å². The standard InChI is InChI=1S/C51H94O6/c1-4-7-10-13-16-19-21-23-24-25-26-28-29-32-35-38-41-44-50(53)56-47-48(46-55-49(52)43-40-37-34-31-18-15-12-9-6-3)57-51(54)45-42-39-36-33-30-27-22-20-17-14-11-8-5-2/h23-24,27,30,48H,4-22,25-26,28-29,31-47H2,1-3H3/b24-23-,30-27-. The number of unbranched alkanes of at least 4 members (excludes halogenated alkanes) is 30. The Hall–Kier alpha value is -2.11. The summed E-state index contributed by atoms with van der Waals surface area (Å²) in [6, 6.07) is 0. The first-order valence-electron chi connectivity index (χ1n) is 24.8. The molecule has 6 heteroatoms. The van der Waals surface area contributed by atoms with Crippen molar-refractivity contribution >= 4 is 17.9 Å². The maximum atomic E-state index is 12.7. The van der Waals surface area contributed by atoms with Crippen LogP contribution in [0.1, 0.15) is 265 Å². The predicted octanol–water partition coefficient (Wildman–Crippen LogP) is 16.0. The summed E-state index contributed by atoms with van der Waals surface area (Å²) in [6.07, 6.45) is 51.6. The van der Waals surface area contributed by atoms with Gasteiger partial charge in [0.05, 0.1) is 0 Å². The van der Waals surface area contributed by atoms with Crippen LogP contribution in [0.4, 0.5) is 0 Å². The maximum absolute atomic E-state index is 12.7. The van der Waals surface area contributed by atoms with Crippen LogP contribution in [0.2, 0.25) is 0 Å². The van der Waals surface area contributed by atoms with Gasteiger partial charge in [-0.05, 0) is 70.6 Å². The Morgan fingerprint density at radius 2 is 0.579 bits per heavy atom.